The van der Waals surface area contributed by atoms with E-state index >= 15 is 0 Å². The first-order valence-electron chi connectivity index (χ1n) is 6.09. The third-order valence-corrected chi connectivity index (χ3v) is 3.41. The number of carbonyl (C=O) groups is 1. The highest BCUT2D eigenvalue weighted by Crippen LogP contribution is 2.40. The monoisotopic (exact) mass is 234 g/mol. The first kappa shape index (κ1) is 12.0. The molecule has 1 aliphatic rings. The van der Waals surface area contributed by atoms with Gasteiger partial charge in [-0.15, -0.1) is 0 Å². The van der Waals surface area contributed by atoms with E-state index in [0.29, 0.717) is 0 Å². The largest absolute Gasteiger partial charge is 0.508 e. The molecule has 1 saturated carbocycles. The second-order valence-corrected chi connectivity index (χ2v) is 4.48. The maximum Gasteiger partial charge on any atom is 0.508 e. The zero-order valence-corrected chi connectivity index (χ0v) is 10.1. The quantitative estimate of drug-likeness (QED) is 0.733. The molecule has 0 aromatic heterocycles. The molecule has 0 unspecified atom stereocenters. The molecule has 0 amide bonds. The Hall–Kier alpha value is -1.51. The molecule has 1 aliphatic carbocycles. The van der Waals surface area contributed by atoms with Gasteiger partial charge in [0.05, 0.1) is 7.11 Å². The summed E-state index contributed by atoms with van der Waals surface area (Å²) in [5.41, 5.74) is 0.595. The minimum atomic E-state index is -0.587. The predicted molar refractivity (Wildman–Crippen MR) is 64.7 cm³/mol. The van der Waals surface area contributed by atoms with Gasteiger partial charge in [-0.25, -0.2) is 4.79 Å². The summed E-state index contributed by atoms with van der Waals surface area (Å²) in [6.07, 6.45) is 4.56. The van der Waals surface area contributed by atoms with Gasteiger partial charge in [0.15, 0.2) is 0 Å². The minimum absolute atomic E-state index is 0.480. The van der Waals surface area contributed by atoms with Crippen molar-refractivity contribution in [2.24, 2.45) is 0 Å². The summed E-state index contributed by atoms with van der Waals surface area (Å²) >= 11 is 0. The fraction of sp³-hybridized carbons (Fsp3) is 0.500. The van der Waals surface area contributed by atoms with Gasteiger partial charge < -0.3 is 9.47 Å². The summed E-state index contributed by atoms with van der Waals surface area (Å²) in [6.45, 7) is 0. The Morgan fingerprint density at radius 3 is 2.35 bits per heavy atom. The van der Waals surface area contributed by atoms with Crippen LogP contribution in [-0.2, 0) is 15.1 Å². The van der Waals surface area contributed by atoms with Gasteiger partial charge in [-0.3, -0.25) is 0 Å². The minimum Gasteiger partial charge on any atom is -0.438 e. The summed E-state index contributed by atoms with van der Waals surface area (Å²) in [5, 5.41) is 0. The van der Waals surface area contributed by atoms with Crippen molar-refractivity contribution in [3.63, 3.8) is 0 Å². The smallest absolute Gasteiger partial charge is 0.438 e. The Bertz CT molecular complexity index is 366. The lowest BCUT2D eigenvalue weighted by molar-refractivity contribution is -0.0530. The van der Waals surface area contributed by atoms with Gasteiger partial charge in [-0.05, 0) is 31.2 Å². The molecule has 0 radical (unpaired) electrons. The van der Waals surface area contributed by atoms with Crippen molar-refractivity contribution >= 4 is 6.16 Å². The number of ether oxygens (including phenoxy) is 2. The molecule has 1 aromatic rings. The molecule has 3 heteroatoms. The molecule has 0 heterocycles. The van der Waals surface area contributed by atoms with Crippen molar-refractivity contribution in [3.05, 3.63) is 35.9 Å². The Kier molecular flexibility index (Phi) is 3.67. The van der Waals surface area contributed by atoms with Crippen LogP contribution in [0.1, 0.15) is 37.7 Å². The zero-order valence-electron chi connectivity index (χ0n) is 10.1. The van der Waals surface area contributed by atoms with E-state index in [2.05, 4.69) is 4.74 Å². The fourth-order valence-corrected chi connectivity index (χ4v) is 2.52. The molecule has 92 valence electrons. The number of carbonyl (C=O) groups excluding carboxylic acids is 1. The Morgan fingerprint density at radius 1 is 1.12 bits per heavy atom. The third kappa shape index (κ3) is 2.60. The second-order valence-electron chi connectivity index (χ2n) is 4.48. The molecule has 0 saturated heterocycles. The van der Waals surface area contributed by atoms with Crippen molar-refractivity contribution in [2.45, 2.75) is 37.7 Å². The lowest BCUT2D eigenvalue weighted by Gasteiger charge is -2.36. The highest BCUT2D eigenvalue weighted by Gasteiger charge is 2.38. The van der Waals surface area contributed by atoms with E-state index in [1.54, 1.807) is 0 Å². The van der Waals surface area contributed by atoms with Crippen molar-refractivity contribution in [2.75, 3.05) is 7.11 Å². The van der Waals surface area contributed by atoms with Crippen LogP contribution in [0.15, 0.2) is 30.3 Å². The van der Waals surface area contributed by atoms with Crippen LogP contribution in [0.3, 0.4) is 0 Å². The second kappa shape index (κ2) is 5.21. The standard InChI is InChI=1S/C14H18O3/c1-16-13(15)17-14(10-6-3-7-11-14)12-8-4-2-5-9-12/h2,4-5,8-9H,3,6-7,10-11H2,1H3. The molecule has 1 aromatic carbocycles. The average molecular weight is 234 g/mol. The molecular weight excluding hydrogens is 216 g/mol. The van der Waals surface area contributed by atoms with Gasteiger partial charge in [0, 0.05) is 0 Å². The zero-order chi connectivity index (χ0) is 12.1. The van der Waals surface area contributed by atoms with Crippen LogP contribution in [-0.4, -0.2) is 13.3 Å². The Balaban J connectivity index is 2.26. The van der Waals surface area contributed by atoms with E-state index in [9.17, 15) is 4.79 Å². The van der Waals surface area contributed by atoms with Crippen molar-refractivity contribution in [3.8, 4) is 0 Å². The van der Waals surface area contributed by atoms with E-state index in [0.717, 1.165) is 31.2 Å². The number of hydrogen-bond donors (Lipinski definition) is 0. The van der Waals surface area contributed by atoms with Gasteiger partial charge >= 0.3 is 6.16 Å². The van der Waals surface area contributed by atoms with Crippen LogP contribution < -0.4 is 0 Å². The summed E-state index contributed by atoms with van der Waals surface area (Å²) in [5.74, 6) is 0. The number of methoxy groups -OCH3 is 1. The lowest BCUT2D eigenvalue weighted by atomic mass is 9.79. The maximum atomic E-state index is 11.4. The van der Waals surface area contributed by atoms with Crippen LogP contribution in [0.5, 0.6) is 0 Å². The molecule has 17 heavy (non-hydrogen) atoms. The SMILES string of the molecule is COC(=O)OC1(c2ccccc2)CCCCC1. The van der Waals surface area contributed by atoms with Crippen LogP contribution in [0.25, 0.3) is 0 Å². The van der Waals surface area contributed by atoms with E-state index in [1.165, 1.54) is 13.5 Å². The molecule has 0 spiro atoms. The molecular formula is C14H18O3. The van der Waals surface area contributed by atoms with Gasteiger partial charge in [0.2, 0.25) is 0 Å². The van der Waals surface area contributed by atoms with Crippen molar-refractivity contribution in [1.29, 1.82) is 0 Å². The lowest BCUT2D eigenvalue weighted by Crippen LogP contribution is -2.34. The molecule has 1 fully saturated rings. The van der Waals surface area contributed by atoms with Gasteiger partial charge in [0.25, 0.3) is 0 Å². The number of rotatable bonds is 2. The summed E-state index contributed by atoms with van der Waals surface area (Å²) in [7, 11) is 1.35. The Labute approximate surface area is 102 Å². The first-order valence-corrected chi connectivity index (χ1v) is 6.09. The van der Waals surface area contributed by atoms with E-state index < -0.39 is 11.8 Å². The van der Waals surface area contributed by atoms with E-state index in [-0.39, 0.29) is 0 Å². The summed E-state index contributed by atoms with van der Waals surface area (Å²) < 4.78 is 10.2. The van der Waals surface area contributed by atoms with Crippen LogP contribution >= 0.6 is 0 Å². The highest BCUT2D eigenvalue weighted by atomic mass is 16.7. The molecule has 0 bridgehead atoms. The van der Waals surface area contributed by atoms with Crippen LogP contribution in [0.2, 0.25) is 0 Å². The number of benzene rings is 1. The Morgan fingerprint density at radius 2 is 1.76 bits per heavy atom. The number of hydrogen-bond acceptors (Lipinski definition) is 3. The molecule has 0 atom stereocenters. The average Bonchev–Trinajstić information content (AvgIpc) is 2.40. The van der Waals surface area contributed by atoms with Gasteiger partial charge in [-0.1, -0.05) is 36.8 Å². The molecule has 2 rings (SSSR count). The predicted octanol–water partition coefficient (Wildman–Crippen LogP) is 3.63. The van der Waals surface area contributed by atoms with E-state index in [4.69, 9.17) is 4.74 Å². The summed E-state index contributed by atoms with van der Waals surface area (Å²) in [4.78, 5) is 11.4. The summed E-state index contributed by atoms with van der Waals surface area (Å²) in [6, 6.07) is 9.97. The van der Waals surface area contributed by atoms with E-state index in [1.807, 2.05) is 30.3 Å². The fourth-order valence-electron chi connectivity index (χ4n) is 2.52. The van der Waals surface area contributed by atoms with Crippen molar-refractivity contribution in [1.82, 2.24) is 0 Å². The normalized spacial score (nSPS) is 18.4. The van der Waals surface area contributed by atoms with Crippen molar-refractivity contribution < 1.29 is 14.3 Å². The molecule has 0 aliphatic heterocycles. The van der Waals surface area contributed by atoms with Gasteiger partial charge in [-0.2, -0.15) is 0 Å². The third-order valence-electron chi connectivity index (χ3n) is 3.41. The van der Waals surface area contributed by atoms with Gasteiger partial charge in [0.1, 0.15) is 5.60 Å². The maximum absolute atomic E-state index is 11.4. The first-order chi connectivity index (χ1) is 8.27. The van der Waals surface area contributed by atoms with Crippen LogP contribution in [0.4, 0.5) is 4.79 Å². The molecule has 0 N–H and O–H groups in total. The van der Waals surface area contributed by atoms with Crippen LogP contribution in [0, 0.1) is 0 Å². The highest BCUT2D eigenvalue weighted by molar-refractivity contribution is 5.60. The molecule has 3 nitrogen and oxygen atoms in total. The topological polar surface area (TPSA) is 35.5 Å².